The van der Waals surface area contributed by atoms with Crippen LogP contribution in [0.5, 0.6) is 0 Å². The Morgan fingerprint density at radius 2 is 2.04 bits per heavy atom. The van der Waals surface area contributed by atoms with Gasteiger partial charge in [0.15, 0.2) is 5.82 Å². The van der Waals surface area contributed by atoms with E-state index in [0.717, 1.165) is 22.2 Å². The lowest BCUT2D eigenvalue weighted by Gasteiger charge is -2.33. The van der Waals surface area contributed by atoms with Crippen LogP contribution in [-0.4, -0.2) is 37.1 Å². The second kappa shape index (κ2) is 7.05. The van der Waals surface area contributed by atoms with Gasteiger partial charge in [0.1, 0.15) is 15.7 Å². The van der Waals surface area contributed by atoms with Crippen molar-refractivity contribution in [3.05, 3.63) is 52.0 Å². The fraction of sp³-hybridized carbons (Fsp3) is 0.368. The normalized spacial score (nSPS) is 16.6. The van der Waals surface area contributed by atoms with Crippen LogP contribution in [-0.2, 0) is 6.54 Å². The molecule has 0 aliphatic carbocycles. The zero-order valence-corrected chi connectivity index (χ0v) is 17.0. The maximum atomic E-state index is 13.1. The summed E-state index contributed by atoms with van der Waals surface area (Å²) in [5.41, 5.74) is 0.844. The Kier molecular flexibility index (Phi) is 4.74. The van der Waals surface area contributed by atoms with E-state index in [0.29, 0.717) is 28.9 Å². The first-order valence-corrected chi connectivity index (χ1v) is 10.1. The number of benzene rings is 1. The van der Waals surface area contributed by atoms with Crippen LogP contribution < -0.4 is 0 Å². The number of rotatable bonds is 3. The van der Waals surface area contributed by atoms with Crippen molar-refractivity contribution < 1.29 is 4.79 Å². The lowest BCUT2D eigenvalue weighted by Crippen LogP contribution is -2.41. The van der Waals surface area contributed by atoms with Gasteiger partial charge in [0.05, 0.1) is 17.3 Å². The molecule has 0 radical (unpaired) electrons. The van der Waals surface area contributed by atoms with Gasteiger partial charge in [0.2, 0.25) is 0 Å². The fourth-order valence-electron chi connectivity index (χ4n) is 3.39. The largest absolute Gasteiger partial charge is 0.326 e. The van der Waals surface area contributed by atoms with Gasteiger partial charge in [-0.05, 0) is 13.0 Å². The van der Waals surface area contributed by atoms with E-state index < -0.39 is 0 Å². The summed E-state index contributed by atoms with van der Waals surface area (Å²) in [4.78, 5) is 20.0. The van der Waals surface area contributed by atoms with E-state index in [1.165, 1.54) is 11.3 Å². The van der Waals surface area contributed by atoms with Crippen LogP contribution in [0.2, 0.25) is 5.02 Å². The number of amides is 1. The maximum absolute atomic E-state index is 13.1. The van der Waals surface area contributed by atoms with Crippen molar-refractivity contribution in [2.24, 2.45) is 0 Å². The van der Waals surface area contributed by atoms with Crippen LogP contribution in [0.15, 0.2) is 30.5 Å². The third kappa shape index (κ3) is 3.15. The third-order valence-electron chi connectivity index (χ3n) is 4.81. The van der Waals surface area contributed by atoms with E-state index in [2.05, 4.69) is 33.6 Å². The van der Waals surface area contributed by atoms with Crippen LogP contribution in [0, 0.1) is 0 Å². The van der Waals surface area contributed by atoms with Gasteiger partial charge >= 0.3 is 0 Å². The Morgan fingerprint density at radius 1 is 1.26 bits per heavy atom. The van der Waals surface area contributed by atoms with E-state index in [1.807, 2.05) is 36.1 Å². The molecule has 1 aliphatic heterocycles. The molecular weight excluding hydrogens is 382 g/mol. The van der Waals surface area contributed by atoms with Crippen molar-refractivity contribution >= 4 is 28.8 Å². The van der Waals surface area contributed by atoms with E-state index in [1.54, 1.807) is 6.20 Å². The van der Waals surface area contributed by atoms with Crippen molar-refractivity contribution in [3.63, 3.8) is 0 Å². The molecule has 6 nitrogen and oxygen atoms in total. The van der Waals surface area contributed by atoms with Crippen LogP contribution in [0.1, 0.15) is 54.1 Å². The molecule has 1 atom stereocenters. The van der Waals surface area contributed by atoms with Gasteiger partial charge in [-0.3, -0.25) is 4.79 Å². The Morgan fingerprint density at radius 3 is 2.78 bits per heavy atom. The Labute approximate surface area is 166 Å². The molecule has 1 amide bonds. The van der Waals surface area contributed by atoms with E-state index >= 15 is 0 Å². The summed E-state index contributed by atoms with van der Waals surface area (Å²) in [6.07, 6.45) is 1.64. The van der Waals surface area contributed by atoms with Crippen molar-refractivity contribution in [3.8, 4) is 10.6 Å². The number of aromatic nitrogens is 4. The first kappa shape index (κ1) is 18.1. The minimum atomic E-state index is -0.128. The molecule has 2 aromatic heterocycles. The predicted molar refractivity (Wildman–Crippen MR) is 106 cm³/mol. The average molecular weight is 402 g/mol. The molecule has 0 bridgehead atoms. The Balaban J connectivity index is 1.60. The van der Waals surface area contributed by atoms with Crippen LogP contribution in [0.3, 0.4) is 0 Å². The van der Waals surface area contributed by atoms with E-state index in [-0.39, 0.29) is 11.9 Å². The molecule has 0 N–H and O–H groups in total. The van der Waals surface area contributed by atoms with E-state index in [4.69, 9.17) is 11.6 Å². The second-order valence-corrected chi connectivity index (χ2v) is 8.34. The summed E-state index contributed by atoms with van der Waals surface area (Å²) in [5.74, 6) is 2.09. The Bertz CT molecular complexity index is 996. The zero-order chi connectivity index (χ0) is 19.1. The smallest absolute Gasteiger partial charge is 0.266 e. The molecule has 1 aromatic carbocycles. The van der Waals surface area contributed by atoms with E-state index in [9.17, 15) is 4.79 Å². The molecule has 4 rings (SSSR count). The molecule has 8 heteroatoms. The molecule has 0 unspecified atom stereocenters. The molecule has 1 aliphatic rings. The summed E-state index contributed by atoms with van der Waals surface area (Å²) in [5, 5.41) is 10.0. The van der Waals surface area contributed by atoms with Crippen molar-refractivity contribution in [1.82, 2.24) is 24.6 Å². The topological polar surface area (TPSA) is 63.9 Å². The van der Waals surface area contributed by atoms with Crippen molar-refractivity contribution in [1.29, 1.82) is 0 Å². The maximum Gasteiger partial charge on any atom is 0.266 e. The number of hydrogen-bond donors (Lipinski definition) is 0. The molecule has 0 fully saturated rings. The Hall–Kier alpha value is -2.25. The highest BCUT2D eigenvalue weighted by Gasteiger charge is 2.33. The molecule has 0 saturated carbocycles. The first-order valence-electron chi connectivity index (χ1n) is 8.92. The van der Waals surface area contributed by atoms with Gasteiger partial charge in [-0.2, -0.15) is 0 Å². The van der Waals surface area contributed by atoms with Gasteiger partial charge in [-0.1, -0.05) is 43.6 Å². The van der Waals surface area contributed by atoms with Gasteiger partial charge in [-0.25, -0.2) is 4.98 Å². The molecule has 0 saturated heterocycles. The minimum Gasteiger partial charge on any atom is -0.326 e. The number of nitrogens with zero attached hydrogens (tertiary/aromatic N) is 5. The lowest BCUT2D eigenvalue weighted by atomic mass is 10.1. The third-order valence-corrected chi connectivity index (χ3v) is 6.16. The summed E-state index contributed by atoms with van der Waals surface area (Å²) in [6, 6.07) is 7.40. The number of carbonyl (C=O) groups is 1. The molecular formula is C19H20ClN5OS. The lowest BCUT2D eigenvalue weighted by molar-refractivity contribution is 0.0641. The highest BCUT2D eigenvalue weighted by atomic mass is 35.5. The molecule has 140 valence electrons. The summed E-state index contributed by atoms with van der Waals surface area (Å²) >= 11 is 7.62. The van der Waals surface area contributed by atoms with Crippen LogP contribution in [0.4, 0.5) is 0 Å². The SMILES string of the molecule is CC(C)c1nnc2n1CCN(C(=O)c1cnc(-c3ccccc3Cl)s1)[C@H]2C. The minimum absolute atomic E-state index is 0.0290. The van der Waals surface area contributed by atoms with Crippen LogP contribution >= 0.6 is 22.9 Å². The van der Waals surface area contributed by atoms with Crippen molar-refractivity contribution in [2.75, 3.05) is 6.54 Å². The monoisotopic (exact) mass is 401 g/mol. The molecule has 27 heavy (non-hydrogen) atoms. The molecule has 3 aromatic rings. The quantitative estimate of drug-likeness (QED) is 0.652. The predicted octanol–water partition coefficient (Wildman–Crippen LogP) is 4.40. The number of thiazole rings is 1. The number of fused-ring (bicyclic) bond motifs is 1. The van der Waals surface area contributed by atoms with Crippen LogP contribution in [0.25, 0.3) is 10.6 Å². The van der Waals surface area contributed by atoms with Gasteiger partial charge < -0.3 is 9.47 Å². The highest BCUT2D eigenvalue weighted by Crippen LogP contribution is 2.33. The molecule has 0 spiro atoms. The van der Waals surface area contributed by atoms with Gasteiger partial charge in [-0.15, -0.1) is 21.5 Å². The number of hydrogen-bond acceptors (Lipinski definition) is 5. The highest BCUT2D eigenvalue weighted by molar-refractivity contribution is 7.17. The standard InChI is InChI=1S/C19H20ClN5OS/c1-11(2)16-22-23-17-12(3)24(8-9-25(16)17)19(26)15-10-21-18(27-15)13-6-4-5-7-14(13)20/h4-7,10-12H,8-9H2,1-3H3/t12-/m0/s1. The van der Waals surface area contributed by atoms with Crippen molar-refractivity contribution in [2.45, 2.75) is 39.3 Å². The zero-order valence-electron chi connectivity index (χ0n) is 15.4. The van der Waals surface area contributed by atoms with Gasteiger partial charge in [0.25, 0.3) is 5.91 Å². The molecule has 3 heterocycles. The summed E-state index contributed by atoms with van der Waals surface area (Å²) in [6.45, 7) is 7.55. The summed E-state index contributed by atoms with van der Waals surface area (Å²) in [7, 11) is 0. The number of halogens is 1. The average Bonchev–Trinajstić information content (AvgIpc) is 3.29. The van der Waals surface area contributed by atoms with Gasteiger partial charge in [0, 0.05) is 24.6 Å². The summed E-state index contributed by atoms with van der Waals surface area (Å²) < 4.78 is 2.14. The number of carbonyl (C=O) groups excluding carboxylic acids is 1. The second-order valence-electron chi connectivity index (χ2n) is 6.91. The fourth-order valence-corrected chi connectivity index (χ4v) is 4.58. The first-order chi connectivity index (χ1) is 13.0.